The molecule has 0 amide bonds. The van der Waals surface area contributed by atoms with Crippen LogP contribution in [-0.2, 0) is 19.3 Å². The van der Waals surface area contributed by atoms with Crippen molar-refractivity contribution in [2.45, 2.75) is 57.4 Å². The molecular formula is C16H23N. The van der Waals surface area contributed by atoms with E-state index >= 15 is 0 Å². The van der Waals surface area contributed by atoms with Gasteiger partial charge >= 0.3 is 0 Å². The zero-order valence-electron chi connectivity index (χ0n) is 10.6. The van der Waals surface area contributed by atoms with Gasteiger partial charge in [0.05, 0.1) is 0 Å². The van der Waals surface area contributed by atoms with Crippen LogP contribution in [0.4, 0.5) is 0 Å². The maximum absolute atomic E-state index is 6.13. The van der Waals surface area contributed by atoms with Gasteiger partial charge < -0.3 is 5.73 Å². The van der Waals surface area contributed by atoms with Gasteiger partial charge in [-0.2, -0.15) is 0 Å². The smallest absolute Gasteiger partial charge is 0.00672 e. The van der Waals surface area contributed by atoms with Gasteiger partial charge in [0.2, 0.25) is 0 Å². The third-order valence-corrected chi connectivity index (χ3v) is 4.39. The molecule has 1 unspecified atom stereocenters. The van der Waals surface area contributed by atoms with Crippen molar-refractivity contribution >= 4 is 0 Å². The minimum Gasteiger partial charge on any atom is -0.327 e. The average molecular weight is 229 g/mol. The SMILES string of the molecule is NC(CCCc1ccc2c(c1)CCC2)C1CC1. The third-order valence-electron chi connectivity index (χ3n) is 4.39. The van der Waals surface area contributed by atoms with Crippen molar-refractivity contribution in [3.05, 3.63) is 34.9 Å². The highest BCUT2D eigenvalue weighted by Crippen LogP contribution is 2.33. The van der Waals surface area contributed by atoms with Crippen molar-refractivity contribution in [2.75, 3.05) is 0 Å². The molecule has 0 spiro atoms. The van der Waals surface area contributed by atoms with Crippen molar-refractivity contribution in [1.29, 1.82) is 0 Å². The van der Waals surface area contributed by atoms with Crippen LogP contribution in [0, 0.1) is 5.92 Å². The molecule has 0 bridgehead atoms. The summed E-state index contributed by atoms with van der Waals surface area (Å²) in [6.07, 6.45) is 10.4. The van der Waals surface area contributed by atoms with Crippen molar-refractivity contribution < 1.29 is 0 Å². The second-order valence-electron chi connectivity index (χ2n) is 5.85. The molecule has 0 aliphatic heterocycles. The molecule has 3 rings (SSSR count). The third kappa shape index (κ3) is 2.71. The van der Waals surface area contributed by atoms with E-state index < -0.39 is 0 Å². The molecule has 1 aromatic rings. The summed E-state index contributed by atoms with van der Waals surface area (Å²) in [7, 11) is 0. The summed E-state index contributed by atoms with van der Waals surface area (Å²) in [5, 5.41) is 0. The molecule has 2 aliphatic carbocycles. The molecule has 1 atom stereocenters. The van der Waals surface area contributed by atoms with Crippen LogP contribution in [0.2, 0.25) is 0 Å². The van der Waals surface area contributed by atoms with E-state index in [9.17, 15) is 0 Å². The molecule has 0 radical (unpaired) electrons. The monoisotopic (exact) mass is 229 g/mol. The van der Waals surface area contributed by atoms with Gasteiger partial charge in [0.15, 0.2) is 0 Å². The first kappa shape index (κ1) is 11.3. The summed E-state index contributed by atoms with van der Waals surface area (Å²) in [5.41, 5.74) is 10.8. The van der Waals surface area contributed by atoms with Crippen molar-refractivity contribution in [3.8, 4) is 0 Å². The molecule has 1 fully saturated rings. The number of fused-ring (bicyclic) bond motifs is 1. The minimum absolute atomic E-state index is 0.476. The number of nitrogens with two attached hydrogens (primary N) is 1. The van der Waals surface area contributed by atoms with Gasteiger partial charge in [-0.25, -0.2) is 0 Å². The summed E-state index contributed by atoms with van der Waals surface area (Å²) >= 11 is 0. The van der Waals surface area contributed by atoms with Crippen LogP contribution in [-0.4, -0.2) is 6.04 Å². The molecule has 1 nitrogen and oxygen atoms in total. The van der Waals surface area contributed by atoms with E-state index in [1.165, 1.54) is 56.9 Å². The molecule has 1 aromatic carbocycles. The van der Waals surface area contributed by atoms with Crippen LogP contribution >= 0.6 is 0 Å². The summed E-state index contributed by atoms with van der Waals surface area (Å²) in [5.74, 6) is 0.857. The molecule has 92 valence electrons. The Morgan fingerprint density at radius 1 is 1.18 bits per heavy atom. The molecule has 1 heteroatoms. The van der Waals surface area contributed by atoms with Crippen molar-refractivity contribution in [1.82, 2.24) is 0 Å². The number of rotatable bonds is 5. The second kappa shape index (κ2) is 4.81. The predicted molar refractivity (Wildman–Crippen MR) is 72.1 cm³/mol. The molecular weight excluding hydrogens is 206 g/mol. The Bertz CT molecular complexity index is 393. The lowest BCUT2D eigenvalue weighted by Crippen LogP contribution is -2.22. The molecule has 2 N–H and O–H groups in total. The summed E-state index contributed by atoms with van der Waals surface area (Å²) in [4.78, 5) is 0. The van der Waals surface area contributed by atoms with Gasteiger partial charge in [0.25, 0.3) is 0 Å². The zero-order chi connectivity index (χ0) is 11.7. The lowest BCUT2D eigenvalue weighted by Gasteiger charge is -2.10. The fourth-order valence-electron chi connectivity index (χ4n) is 3.08. The summed E-state index contributed by atoms with van der Waals surface area (Å²) in [6.45, 7) is 0. The lowest BCUT2D eigenvalue weighted by molar-refractivity contribution is 0.528. The molecule has 0 heterocycles. The van der Waals surface area contributed by atoms with E-state index in [1.807, 2.05) is 0 Å². The van der Waals surface area contributed by atoms with Gasteiger partial charge in [-0.05, 0) is 74.0 Å². The Labute approximate surface area is 104 Å². The standard InChI is InChI=1S/C16H23N/c17-16(14-9-10-14)6-1-3-12-7-8-13-4-2-5-15(13)11-12/h7-8,11,14,16H,1-6,9-10,17H2. The van der Waals surface area contributed by atoms with Gasteiger partial charge in [-0.1, -0.05) is 18.2 Å². The normalized spacial score (nSPS) is 20.3. The van der Waals surface area contributed by atoms with Crippen LogP contribution in [0.1, 0.15) is 48.8 Å². The first-order chi connectivity index (χ1) is 8.33. The van der Waals surface area contributed by atoms with Crippen LogP contribution in [0.25, 0.3) is 0 Å². The maximum Gasteiger partial charge on any atom is 0.00672 e. The second-order valence-corrected chi connectivity index (χ2v) is 5.85. The highest BCUT2D eigenvalue weighted by Gasteiger charge is 2.27. The molecule has 0 aromatic heterocycles. The lowest BCUT2D eigenvalue weighted by atomic mass is 10.00. The fraction of sp³-hybridized carbons (Fsp3) is 0.625. The number of hydrogen-bond donors (Lipinski definition) is 1. The first-order valence-electron chi connectivity index (χ1n) is 7.19. The highest BCUT2D eigenvalue weighted by atomic mass is 14.7. The van der Waals surface area contributed by atoms with Gasteiger partial charge in [0, 0.05) is 6.04 Å². The molecule has 1 saturated carbocycles. The number of benzene rings is 1. The van der Waals surface area contributed by atoms with E-state index in [1.54, 1.807) is 11.1 Å². The average Bonchev–Trinajstić information content (AvgIpc) is 3.08. The zero-order valence-corrected chi connectivity index (χ0v) is 10.6. The van der Waals surface area contributed by atoms with Crippen molar-refractivity contribution in [2.24, 2.45) is 11.7 Å². The number of hydrogen-bond acceptors (Lipinski definition) is 1. The minimum atomic E-state index is 0.476. The molecule has 17 heavy (non-hydrogen) atoms. The number of aryl methyl sites for hydroxylation is 3. The first-order valence-corrected chi connectivity index (χ1v) is 7.19. The van der Waals surface area contributed by atoms with E-state index in [-0.39, 0.29) is 0 Å². The molecule has 2 aliphatic rings. The van der Waals surface area contributed by atoms with E-state index in [2.05, 4.69) is 18.2 Å². The topological polar surface area (TPSA) is 26.0 Å². The summed E-state index contributed by atoms with van der Waals surface area (Å²) in [6, 6.07) is 7.58. The highest BCUT2D eigenvalue weighted by molar-refractivity contribution is 5.35. The van der Waals surface area contributed by atoms with Crippen LogP contribution in [0.15, 0.2) is 18.2 Å². The largest absolute Gasteiger partial charge is 0.327 e. The quantitative estimate of drug-likeness (QED) is 0.824. The molecule has 0 saturated heterocycles. The Kier molecular flexibility index (Phi) is 3.19. The predicted octanol–water partition coefficient (Wildman–Crippen LogP) is 3.24. The van der Waals surface area contributed by atoms with Crippen molar-refractivity contribution in [3.63, 3.8) is 0 Å². The Balaban J connectivity index is 1.51. The van der Waals surface area contributed by atoms with E-state index in [0.29, 0.717) is 6.04 Å². The Hall–Kier alpha value is -0.820. The van der Waals surface area contributed by atoms with Gasteiger partial charge in [0.1, 0.15) is 0 Å². The fourth-order valence-corrected chi connectivity index (χ4v) is 3.08. The van der Waals surface area contributed by atoms with Crippen LogP contribution in [0.5, 0.6) is 0 Å². The Morgan fingerprint density at radius 3 is 2.82 bits per heavy atom. The van der Waals surface area contributed by atoms with E-state index in [0.717, 1.165) is 5.92 Å². The summed E-state index contributed by atoms with van der Waals surface area (Å²) < 4.78 is 0. The van der Waals surface area contributed by atoms with Gasteiger partial charge in [-0.3, -0.25) is 0 Å². The van der Waals surface area contributed by atoms with Crippen LogP contribution in [0.3, 0.4) is 0 Å². The Morgan fingerprint density at radius 2 is 2.00 bits per heavy atom. The van der Waals surface area contributed by atoms with Crippen LogP contribution < -0.4 is 5.73 Å². The van der Waals surface area contributed by atoms with Gasteiger partial charge in [-0.15, -0.1) is 0 Å². The maximum atomic E-state index is 6.13. The van der Waals surface area contributed by atoms with E-state index in [4.69, 9.17) is 5.73 Å².